The van der Waals surface area contributed by atoms with Crippen molar-refractivity contribution in [3.8, 4) is 0 Å². The standard InChI is InChI=1S/C48H68BF16Si4.C8H11N/c1-41(2,3)66(13,14)37-33(54)29(50)25(21-45(37,58)59)49(26-22-46(60,61)38(34(55)30(26)51)67(15,16)42(4,5)6,27-23-47(62,63)39(35(56)31(27)52)68(17,18)43(7,8)9)28-24-48(64,65)40(36(57)32(28)53)69(19,20)44(10,11)12;1-9(2)8-6-4-3-5-7-8/h21-24,37-40H,1-20H3;3-7H,1-2H3/q-1;/p+1. The third kappa shape index (κ3) is 11.0. The molecular formula is C56H80BF16NSi4. The minimum absolute atomic E-state index is 0.602. The Morgan fingerprint density at radius 3 is 0.679 bits per heavy atom. The molecule has 5 rings (SSSR count). The van der Waals surface area contributed by atoms with Gasteiger partial charge in [0, 0.05) is 0 Å². The summed E-state index contributed by atoms with van der Waals surface area (Å²) >= 11 is 0. The molecule has 78 heavy (non-hydrogen) atoms. The molecule has 0 saturated heterocycles. The molecule has 4 aliphatic rings. The van der Waals surface area contributed by atoms with E-state index in [2.05, 4.69) is 38.4 Å². The maximum absolute atomic E-state index is 17.9. The number of hydrogen-bond donors (Lipinski definition) is 1. The van der Waals surface area contributed by atoms with Crippen molar-refractivity contribution in [2.24, 2.45) is 0 Å². The van der Waals surface area contributed by atoms with Crippen molar-refractivity contribution in [1.82, 2.24) is 0 Å². The Bertz CT molecular complexity index is 2440. The molecule has 4 unspecified atom stereocenters. The molecule has 1 aromatic rings. The Kier molecular flexibility index (Phi) is 17.9. The molecule has 440 valence electrons. The zero-order chi connectivity index (χ0) is 61.3. The van der Waals surface area contributed by atoms with Gasteiger partial charge in [-0.15, -0.1) is 0 Å². The van der Waals surface area contributed by atoms with Crippen molar-refractivity contribution in [3.05, 3.63) is 123 Å². The maximum atomic E-state index is 17.9. The predicted molar refractivity (Wildman–Crippen MR) is 298 cm³/mol. The van der Waals surface area contributed by atoms with E-state index >= 15 is 70.2 Å². The van der Waals surface area contributed by atoms with Crippen LogP contribution < -0.4 is 4.90 Å². The van der Waals surface area contributed by atoms with Gasteiger partial charge in [0.05, 0.1) is 68.6 Å². The molecule has 22 heteroatoms. The Morgan fingerprint density at radius 2 is 0.538 bits per heavy atom. The summed E-state index contributed by atoms with van der Waals surface area (Å²) < 4.78 is 279. The first kappa shape index (κ1) is 67.4. The molecule has 0 fully saturated rings. The molecule has 1 aromatic carbocycles. The lowest BCUT2D eigenvalue weighted by Crippen LogP contribution is -3.00. The highest BCUT2D eigenvalue weighted by Crippen LogP contribution is 2.68. The van der Waals surface area contributed by atoms with E-state index in [4.69, 9.17) is 0 Å². The van der Waals surface area contributed by atoms with Gasteiger partial charge in [0.25, 0.3) is 23.7 Å². The lowest BCUT2D eigenvalue weighted by molar-refractivity contribution is -0.786. The highest BCUT2D eigenvalue weighted by molar-refractivity contribution is 7.06. The molecule has 1 N–H and O–H groups in total. The first-order chi connectivity index (χ1) is 34.4. The average molecular weight is 1190 g/mol. The quantitative estimate of drug-likeness (QED) is 0.186. The molecule has 0 bridgehead atoms. The van der Waals surface area contributed by atoms with Gasteiger partial charge in [-0.3, -0.25) is 0 Å². The van der Waals surface area contributed by atoms with Gasteiger partial charge in [-0.1, -0.05) is 154 Å². The number of allylic oxidation sites excluding steroid dienone is 16. The average Bonchev–Trinajstić information content (AvgIpc) is 3.22. The Hall–Kier alpha value is -3.09. The zero-order valence-electron chi connectivity index (χ0n) is 49.1. The molecule has 1 nitrogen and oxygen atoms in total. The largest absolute Gasteiger partial charge is 0.307 e. The molecule has 4 aliphatic carbocycles. The molecule has 0 saturated carbocycles. The van der Waals surface area contributed by atoms with E-state index in [0.717, 1.165) is 0 Å². The predicted octanol–water partition coefficient (Wildman–Crippen LogP) is 20.5. The lowest BCUT2D eigenvalue weighted by Gasteiger charge is -2.56. The lowest BCUT2D eigenvalue weighted by atomic mass is 9.09. The number of hydrogen-bond acceptors (Lipinski definition) is 0. The highest BCUT2D eigenvalue weighted by atomic mass is 28.3. The van der Waals surface area contributed by atoms with Crippen molar-refractivity contribution in [1.29, 1.82) is 0 Å². The fraction of sp³-hybridized carbons (Fsp3) is 0.607. The molecule has 0 spiro atoms. The monoisotopic (exact) mass is 1190 g/mol. The van der Waals surface area contributed by atoms with Crippen LogP contribution in [0.25, 0.3) is 0 Å². The first-order valence-electron chi connectivity index (χ1n) is 26.1. The summed E-state index contributed by atoms with van der Waals surface area (Å²) in [4.78, 5) is 1.37. The Morgan fingerprint density at radius 1 is 0.359 bits per heavy atom. The number of alkyl halides is 8. The summed E-state index contributed by atoms with van der Waals surface area (Å²) in [5, 5.41) is -5.03. The highest BCUT2D eigenvalue weighted by Gasteiger charge is 2.67. The summed E-state index contributed by atoms with van der Waals surface area (Å²) in [6.45, 7) is 26.4. The second-order valence-electron chi connectivity index (χ2n) is 28.6. The summed E-state index contributed by atoms with van der Waals surface area (Å²) in [5.41, 5.74) is -19.4. The summed E-state index contributed by atoms with van der Waals surface area (Å²) in [6, 6.07) is 10.4. The Labute approximate surface area is 456 Å². The van der Waals surface area contributed by atoms with Gasteiger partial charge in [-0.2, -0.15) is 21.9 Å². The SMILES string of the molecule is CC(C)(C)[Si](C)(C)C1C(F)=C(F)C([B-](C2=CC(F)(F)C([Si](C)(C)C(C)(C)C)C(F)=C2F)(C2=CC(F)(F)C([Si](C)(C)C(C)(C)C)C(F)=C2F)C2=CC(F)(F)C([Si](C)(C)C(C)(C)C)C(F)=C2F)=CC1(F)F.C[NH+](C)c1ccccc1. The van der Waals surface area contributed by atoms with Gasteiger partial charge >= 0.3 is 0 Å². The number of benzene rings is 1. The summed E-state index contributed by atoms with van der Waals surface area (Å²) in [6.07, 6.45) is -8.55. The minimum Gasteiger partial charge on any atom is -0.307 e. The smallest absolute Gasteiger partial charge is 0.270 e. The third-order valence-electron chi connectivity index (χ3n) is 19.6. The molecular weight excluding hydrogens is 1110 g/mol. The summed E-state index contributed by atoms with van der Waals surface area (Å²) in [5.74, 6) is -40.1. The van der Waals surface area contributed by atoms with E-state index < -0.39 is 197 Å². The fourth-order valence-electron chi connectivity index (χ4n) is 11.1. The molecule has 0 aliphatic heterocycles. The number of rotatable bonds is 9. The second kappa shape index (κ2) is 20.7. The Balaban J connectivity index is 0.00000132. The number of quaternary nitrogens is 1. The number of para-hydroxylation sites is 1. The normalized spacial score (nSPS) is 25.5. The fourth-order valence-corrected chi connectivity index (χ4v) is 21.8. The van der Waals surface area contributed by atoms with Gasteiger partial charge in [-0.25, -0.2) is 70.2 Å². The van der Waals surface area contributed by atoms with Gasteiger partial charge in [0.1, 0.15) is 58.4 Å². The van der Waals surface area contributed by atoms with E-state index in [1.54, 1.807) is 0 Å². The van der Waals surface area contributed by atoms with Gasteiger partial charge in [0.15, 0.2) is 0 Å². The van der Waals surface area contributed by atoms with Gasteiger partial charge < -0.3 is 4.90 Å². The first-order valence-corrected chi connectivity index (χ1v) is 38.4. The van der Waals surface area contributed by atoms with Crippen molar-refractivity contribution in [2.75, 3.05) is 14.1 Å². The van der Waals surface area contributed by atoms with Crippen LogP contribution in [0.3, 0.4) is 0 Å². The maximum Gasteiger partial charge on any atom is 0.270 e. The van der Waals surface area contributed by atoms with E-state index in [0.29, 0.717) is 0 Å². The summed E-state index contributed by atoms with van der Waals surface area (Å²) in [7, 11) is -11.8. The van der Waals surface area contributed by atoms with E-state index in [1.165, 1.54) is 146 Å². The minimum atomic E-state index is -6.14. The number of nitrogens with one attached hydrogen (secondary N) is 1. The topological polar surface area (TPSA) is 4.44 Å². The van der Waals surface area contributed by atoms with Crippen molar-refractivity contribution in [3.63, 3.8) is 0 Å². The van der Waals surface area contributed by atoms with Crippen LogP contribution in [0.4, 0.5) is 75.9 Å². The van der Waals surface area contributed by atoms with Crippen LogP contribution in [0.15, 0.2) is 123 Å². The van der Waals surface area contributed by atoms with Gasteiger partial charge in [0.2, 0.25) is 0 Å². The second-order valence-corrected chi connectivity index (χ2v) is 50.7. The molecule has 0 amide bonds. The molecule has 0 heterocycles. The van der Waals surface area contributed by atoms with Crippen LogP contribution in [0.5, 0.6) is 0 Å². The third-order valence-corrected chi connectivity index (χ3v) is 43.4. The van der Waals surface area contributed by atoms with Crippen molar-refractivity contribution in [2.45, 2.75) is 201 Å². The van der Waals surface area contributed by atoms with Crippen molar-refractivity contribution < 1.29 is 75.1 Å². The van der Waals surface area contributed by atoms with Crippen molar-refractivity contribution >= 4 is 44.1 Å². The van der Waals surface area contributed by atoms with Crippen LogP contribution in [-0.2, 0) is 0 Å². The van der Waals surface area contributed by atoms with E-state index in [-0.39, 0.29) is 0 Å². The molecule has 4 atom stereocenters. The van der Waals surface area contributed by atoms with Gasteiger partial charge in [-0.05, 0) is 56.6 Å². The number of halogens is 16. The molecule has 0 aromatic heterocycles. The zero-order valence-corrected chi connectivity index (χ0v) is 53.1. The van der Waals surface area contributed by atoms with Crippen LogP contribution in [0, 0.1) is 0 Å². The van der Waals surface area contributed by atoms with Crippen LogP contribution in [0.2, 0.25) is 94.7 Å². The molecule has 0 radical (unpaired) electrons. The van der Waals surface area contributed by atoms with Crippen LogP contribution in [0.1, 0.15) is 83.1 Å². The van der Waals surface area contributed by atoms with E-state index in [1.807, 2.05) is 6.07 Å². The van der Waals surface area contributed by atoms with Crippen LogP contribution >= 0.6 is 0 Å². The van der Waals surface area contributed by atoms with Crippen LogP contribution in [-0.4, -0.2) is 76.2 Å². The van der Waals surface area contributed by atoms with E-state index in [9.17, 15) is 0 Å².